The summed E-state index contributed by atoms with van der Waals surface area (Å²) in [5.74, 6) is -0.0470. The van der Waals surface area contributed by atoms with Crippen molar-refractivity contribution in [3.63, 3.8) is 0 Å². The Hall–Kier alpha value is -4.06. The van der Waals surface area contributed by atoms with E-state index in [1.807, 2.05) is 74.8 Å². The highest BCUT2D eigenvalue weighted by Gasteiger charge is 2.25. The van der Waals surface area contributed by atoms with Crippen LogP contribution in [-0.2, 0) is 22.7 Å². The molecule has 0 aliphatic heterocycles. The molecule has 0 aliphatic rings. The molecular formula is C28H29NO5. The molecule has 0 aromatic heterocycles. The smallest absolute Gasteiger partial charge is 0.342 e. The lowest BCUT2D eigenvalue weighted by atomic mass is 9.96. The van der Waals surface area contributed by atoms with Gasteiger partial charge in [0.25, 0.3) is 0 Å². The lowest BCUT2D eigenvalue weighted by Gasteiger charge is -2.19. The summed E-state index contributed by atoms with van der Waals surface area (Å²) < 4.78 is 17.2. The second kappa shape index (κ2) is 11.7. The Bertz CT molecular complexity index is 1150. The Kier molecular flexibility index (Phi) is 8.46. The monoisotopic (exact) mass is 459 g/mol. The number of hydrogen-bond acceptors (Lipinski definition) is 6. The van der Waals surface area contributed by atoms with Crippen molar-refractivity contribution in [1.29, 1.82) is 0 Å². The van der Waals surface area contributed by atoms with Crippen molar-refractivity contribution in [2.75, 3.05) is 21.2 Å². The van der Waals surface area contributed by atoms with Gasteiger partial charge in [-0.3, -0.25) is 4.79 Å². The molecule has 6 nitrogen and oxygen atoms in total. The molecule has 176 valence electrons. The first-order chi connectivity index (χ1) is 16.4. The fourth-order valence-electron chi connectivity index (χ4n) is 3.40. The number of methoxy groups -OCH3 is 1. The van der Waals surface area contributed by atoms with E-state index in [2.05, 4.69) is 0 Å². The maximum absolute atomic E-state index is 12.9. The largest absolute Gasteiger partial charge is 0.489 e. The van der Waals surface area contributed by atoms with E-state index in [1.54, 1.807) is 23.2 Å². The van der Waals surface area contributed by atoms with E-state index in [9.17, 15) is 9.59 Å². The third kappa shape index (κ3) is 6.48. The van der Waals surface area contributed by atoms with Gasteiger partial charge in [-0.15, -0.1) is 0 Å². The van der Waals surface area contributed by atoms with Crippen LogP contribution in [0.5, 0.6) is 11.5 Å². The average molecular weight is 460 g/mol. The first-order valence-electron chi connectivity index (χ1n) is 10.9. The SMILES string of the molecule is COC(=O)c1c(OCc2ccccc2)cc(OCc2ccccc2)cc1C(=CN(C)C)C(C)=O. The number of carbonyl (C=O) groups is 2. The first kappa shape index (κ1) is 24.6. The van der Waals surface area contributed by atoms with Gasteiger partial charge in [0, 0.05) is 37.5 Å². The third-order valence-electron chi connectivity index (χ3n) is 5.01. The Morgan fingerprint density at radius 1 is 0.853 bits per heavy atom. The summed E-state index contributed by atoms with van der Waals surface area (Å²) in [6, 6.07) is 22.7. The zero-order chi connectivity index (χ0) is 24.5. The highest BCUT2D eigenvalue weighted by molar-refractivity contribution is 6.22. The number of ether oxygens (including phenoxy) is 3. The molecule has 0 saturated heterocycles. The molecule has 3 aromatic rings. The fraction of sp³-hybridized carbons (Fsp3) is 0.214. The second-order valence-electron chi connectivity index (χ2n) is 7.95. The van der Waals surface area contributed by atoms with Gasteiger partial charge in [-0.2, -0.15) is 0 Å². The highest BCUT2D eigenvalue weighted by Crippen LogP contribution is 2.35. The lowest BCUT2D eigenvalue weighted by Crippen LogP contribution is -2.14. The van der Waals surface area contributed by atoms with E-state index in [-0.39, 0.29) is 23.7 Å². The third-order valence-corrected chi connectivity index (χ3v) is 5.01. The molecule has 0 heterocycles. The van der Waals surface area contributed by atoms with E-state index in [1.165, 1.54) is 14.0 Å². The zero-order valence-corrected chi connectivity index (χ0v) is 19.9. The molecule has 34 heavy (non-hydrogen) atoms. The molecule has 0 saturated carbocycles. The van der Waals surface area contributed by atoms with Crippen LogP contribution in [0.1, 0.15) is 34.0 Å². The van der Waals surface area contributed by atoms with Crippen molar-refractivity contribution >= 4 is 17.3 Å². The molecule has 0 aliphatic carbocycles. The first-order valence-corrected chi connectivity index (χ1v) is 10.9. The normalized spacial score (nSPS) is 11.0. The number of ketones is 1. The lowest BCUT2D eigenvalue weighted by molar-refractivity contribution is -0.111. The van der Waals surface area contributed by atoms with Crippen molar-refractivity contribution in [2.45, 2.75) is 20.1 Å². The number of hydrogen-bond donors (Lipinski definition) is 0. The molecule has 3 aromatic carbocycles. The van der Waals surface area contributed by atoms with E-state index in [0.717, 1.165) is 11.1 Å². The van der Waals surface area contributed by atoms with Gasteiger partial charge in [0.15, 0.2) is 5.78 Å². The van der Waals surface area contributed by atoms with Crippen LogP contribution < -0.4 is 9.47 Å². The van der Waals surface area contributed by atoms with Crippen molar-refractivity contribution in [3.05, 3.63) is 101 Å². The standard InChI is InChI=1S/C28H29NO5/c1-20(30)25(17-29(2)3)24-15-23(33-18-21-11-7-5-8-12-21)16-26(27(24)28(31)32-4)34-19-22-13-9-6-10-14-22/h5-17H,18-19H2,1-4H3. The quantitative estimate of drug-likeness (QED) is 0.310. The van der Waals surface area contributed by atoms with Gasteiger partial charge in [-0.25, -0.2) is 4.79 Å². The predicted molar refractivity (Wildman–Crippen MR) is 132 cm³/mol. The van der Waals surface area contributed by atoms with Crippen LogP contribution in [0.25, 0.3) is 5.57 Å². The van der Waals surface area contributed by atoms with Crippen LogP contribution in [-0.4, -0.2) is 37.9 Å². The Balaban J connectivity index is 2.10. The summed E-state index contributed by atoms with van der Waals surface area (Å²) in [6.07, 6.45) is 1.67. The summed E-state index contributed by atoms with van der Waals surface area (Å²) in [7, 11) is 4.92. The van der Waals surface area contributed by atoms with Gasteiger partial charge in [0.2, 0.25) is 0 Å². The van der Waals surface area contributed by atoms with Crippen LogP contribution in [0.3, 0.4) is 0 Å². The van der Waals surface area contributed by atoms with Crippen LogP contribution in [0, 0.1) is 0 Å². The van der Waals surface area contributed by atoms with Crippen molar-refractivity contribution in [2.24, 2.45) is 0 Å². The van der Waals surface area contributed by atoms with Crippen LogP contribution >= 0.6 is 0 Å². The van der Waals surface area contributed by atoms with Crippen molar-refractivity contribution in [1.82, 2.24) is 4.90 Å². The maximum atomic E-state index is 12.9. The Morgan fingerprint density at radius 3 is 1.91 bits per heavy atom. The summed E-state index contributed by atoms with van der Waals surface area (Å²) in [6.45, 7) is 2.01. The summed E-state index contributed by atoms with van der Waals surface area (Å²) in [5.41, 5.74) is 2.84. The molecule has 0 bridgehead atoms. The van der Waals surface area contributed by atoms with E-state index >= 15 is 0 Å². The summed E-state index contributed by atoms with van der Waals surface area (Å²) in [4.78, 5) is 27.2. The Labute approximate surface area is 200 Å². The molecule has 3 rings (SSSR count). The minimum absolute atomic E-state index is 0.175. The molecule has 0 amide bonds. The molecule has 0 atom stereocenters. The predicted octanol–water partition coefficient (Wildman–Crippen LogP) is 5.12. The van der Waals surface area contributed by atoms with Gasteiger partial charge in [-0.1, -0.05) is 60.7 Å². The minimum Gasteiger partial charge on any atom is -0.489 e. The molecule has 6 heteroatoms. The van der Waals surface area contributed by atoms with E-state index in [0.29, 0.717) is 23.5 Å². The Morgan fingerprint density at radius 2 is 1.41 bits per heavy atom. The number of rotatable bonds is 10. The number of benzene rings is 3. The van der Waals surface area contributed by atoms with E-state index in [4.69, 9.17) is 14.2 Å². The number of nitrogens with zero attached hydrogens (tertiary/aromatic N) is 1. The van der Waals surface area contributed by atoms with Gasteiger partial charge < -0.3 is 19.1 Å². The van der Waals surface area contributed by atoms with Crippen molar-refractivity contribution in [3.8, 4) is 11.5 Å². The number of allylic oxidation sites excluding steroid dienone is 1. The minimum atomic E-state index is -0.599. The van der Waals surface area contributed by atoms with Gasteiger partial charge in [0.1, 0.15) is 30.3 Å². The molecule has 0 fully saturated rings. The van der Waals surface area contributed by atoms with Crippen LogP contribution in [0.4, 0.5) is 0 Å². The zero-order valence-electron chi connectivity index (χ0n) is 19.9. The molecule has 0 N–H and O–H groups in total. The van der Waals surface area contributed by atoms with Crippen LogP contribution in [0.2, 0.25) is 0 Å². The van der Waals surface area contributed by atoms with Crippen molar-refractivity contribution < 1.29 is 23.8 Å². The molecule has 0 radical (unpaired) electrons. The van der Waals surface area contributed by atoms with Gasteiger partial charge >= 0.3 is 5.97 Å². The number of esters is 1. The highest BCUT2D eigenvalue weighted by atomic mass is 16.5. The average Bonchev–Trinajstić information content (AvgIpc) is 2.85. The number of Topliss-reactive ketones (excluding diaryl/α,β-unsaturated/α-hetero) is 1. The summed E-state index contributed by atoms with van der Waals surface area (Å²) in [5, 5.41) is 0. The molecule has 0 unspecified atom stereocenters. The number of carbonyl (C=O) groups excluding carboxylic acids is 2. The topological polar surface area (TPSA) is 65.1 Å². The van der Waals surface area contributed by atoms with Gasteiger partial charge in [-0.05, 0) is 24.1 Å². The van der Waals surface area contributed by atoms with E-state index < -0.39 is 5.97 Å². The fourth-order valence-corrected chi connectivity index (χ4v) is 3.40. The molecular weight excluding hydrogens is 430 g/mol. The van der Waals surface area contributed by atoms with Gasteiger partial charge in [0.05, 0.1) is 7.11 Å². The molecule has 0 spiro atoms. The maximum Gasteiger partial charge on any atom is 0.342 e. The van der Waals surface area contributed by atoms with Crippen LogP contribution in [0.15, 0.2) is 79.0 Å². The summed E-state index contributed by atoms with van der Waals surface area (Å²) >= 11 is 0. The second-order valence-corrected chi connectivity index (χ2v) is 7.95.